The Morgan fingerprint density at radius 2 is 2.00 bits per heavy atom. The van der Waals surface area contributed by atoms with Crippen molar-refractivity contribution in [2.45, 2.75) is 25.3 Å². The quantitative estimate of drug-likeness (QED) is 0.793. The van der Waals surface area contributed by atoms with Crippen LogP contribution in [0.4, 0.5) is 5.69 Å². The van der Waals surface area contributed by atoms with E-state index in [2.05, 4.69) is 5.32 Å². The number of hydrogen-bond acceptors (Lipinski definition) is 6. The Hall–Kier alpha value is -2.74. The largest absolute Gasteiger partial charge is 0.466 e. The molecule has 1 aliphatic rings. The second-order valence-electron chi connectivity index (χ2n) is 6.17. The van der Waals surface area contributed by atoms with Crippen molar-refractivity contribution < 1.29 is 23.5 Å². The fourth-order valence-corrected chi connectivity index (χ4v) is 4.21. The van der Waals surface area contributed by atoms with E-state index in [1.54, 1.807) is 24.3 Å². The maximum atomic E-state index is 12.4. The van der Waals surface area contributed by atoms with Crippen LogP contribution < -0.4 is 5.32 Å². The van der Waals surface area contributed by atoms with Gasteiger partial charge in [0.05, 0.1) is 6.26 Å². The van der Waals surface area contributed by atoms with E-state index in [4.69, 9.17) is 9.15 Å². The molecule has 2 atom stereocenters. The van der Waals surface area contributed by atoms with Crippen LogP contribution in [-0.4, -0.2) is 41.1 Å². The van der Waals surface area contributed by atoms with Gasteiger partial charge in [0.15, 0.2) is 6.61 Å². The molecule has 0 aliphatic carbocycles. The molecule has 2 aromatic rings. The molecule has 1 N–H and O–H groups in total. The third-order valence-corrected chi connectivity index (χ3v) is 5.39. The number of esters is 1. The van der Waals surface area contributed by atoms with Crippen LogP contribution in [0.3, 0.4) is 0 Å². The Balaban J connectivity index is 1.57. The summed E-state index contributed by atoms with van der Waals surface area (Å²) in [5.74, 6) is -0.320. The highest BCUT2D eigenvalue weighted by Gasteiger charge is 2.43. The minimum absolute atomic E-state index is 0.257. The Bertz CT molecular complexity index is 819. The van der Waals surface area contributed by atoms with Crippen LogP contribution in [0.1, 0.15) is 23.6 Å². The summed E-state index contributed by atoms with van der Waals surface area (Å²) in [6.07, 6.45) is 1.52. The Kier molecular flexibility index (Phi) is 5.85. The highest BCUT2D eigenvalue weighted by atomic mass is 32.2. The minimum atomic E-state index is -0.755. The van der Waals surface area contributed by atoms with E-state index >= 15 is 0 Å². The second kappa shape index (κ2) is 8.30. The van der Waals surface area contributed by atoms with Gasteiger partial charge < -0.3 is 19.4 Å². The number of ether oxygens (including phenoxy) is 1. The summed E-state index contributed by atoms with van der Waals surface area (Å²) >= 11 is 1.42. The lowest BCUT2D eigenvalue weighted by atomic mass is 10.2. The minimum Gasteiger partial charge on any atom is -0.466 e. The molecule has 0 bridgehead atoms. The summed E-state index contributed by atoms with van der Waals surface area (Å²) in [6, 6.07) is 10.0. The predicted molar refractivity (Wildman–Crippen MR) is 101 cm³/mol. The lowest BCUT2D eigenvalue weighted by Gasteiger charge is -2.25. The normalized spacial score (nSPS) is 19.0. The first-order valence-electron chi connectivity index (χ1n) is 8.43. The fourth-order valence-electron chi connectivity index (χ4n) is 2.79. The van der Waals surface area contributed by atoms with E-state index in [9.17, 15) is 14.4 Å². The van der Waals surface area contributed by atoms with E-state index in [0.29, 0.717) is 17.2 Å². The van der Waals surface area contributed by atoms with E-state index in [1.165, 1.54) is 29.8 Å². The monoisotopic (exact) mass is 388 g/mol. The number of benzene rings is 1. The molecule has 7 nitrogen and oxygen atoms in total. The molecular formula is C19H20N2O5S. The van der Waals surface area contributed by atoms with Gasteiger partial charge >= 0.3 is 5.97 Å². The topological polar surface area (TPSA) is 88.8 Å². The standard InChI is InChI=1S/C19H20N2O5S/c1-12-5-7-14(8-6-12)20-17(23)10-26-19(24)15-11-27-18(21(15)13(2)22)16-4-3-9-25-16/h3-9,15,18H,10-11H2,1-2H3,(H,20,23)/t15-,18+/m1/s1. The van der Waals surface area contributed by atoms with Crippen LogP contribution >= 0.6 is 11.8 Å². The molecule has 2 amide bonds. The van der Waals surface area contributed by atoms with Gasteiger partial charge in [-0.3, -0.25) is 9.59 Å². The number of nitrogens with one attached hydrogen (secondary N) is 1. The Morgan fingerprint density at radius 3 is 2.63 bits per heavy atom. The predicted octanol–water partition coefficient (Wildman–Crippen LogP) is 2.73. The van der Waals surface area contributed by atoms with Crippen LogP contribution in [0.5, 0.6) is 0 Å². The summed E-state index contributed by atoms with van der Waals surface area (Å²) in [6.45, 7) is 2.93. The lowest BCUT2D eigenvalue weighted by Crippen LogP contribution is -2.43. The van der Waals surface area contributed by atoms with E-state index < -0.39 is 24.5 Å². The van der Waals surface area contributed by atoms with E-state index in [-0.39, 0.29) is 11.3 Å². The third-order valence-electron chi connectivity index (χ3n) is 4.10. The first-order valence-corrected chi connectivity index (χ1v) is 9.47. The smallest absolute Gasteiger partial charge is 0.330 e. The zero-order chi connectivity index (χ0) is 19.4. The van der Waals surface area contributed by atoms with Crippen molar-refractivity contribution in [1.82, 2.24) is 4.90 Å². The van der Waals surface area contributed by atoms with Gasteiger partial charge in [-0.25, -0.2) is 4.79 Å². The molecule has 1 saturated heterocycles. The Morgan fingerprint density at radius 1 is 1.26 bits per heavy atom. The average Bonchev–Trinajstić information content (AvgIpc) is 3.30. The SMILES string of the molecule is CC(=O)N1[C@@H](C(=O)OCC(=O)Nc2ccc(C)cc2)CS[C@H]1c1ccco1. The molecule has 2 heterocycles. The van der Waals surface area contributed by atoms with Gasteiger partial charge in [-0.05, 0) is 31.2 Å². The summed E-state index contributed by atoms with van der Waals surface area (Å²) < 4.78 is 10.5. The number of hydrogen-bond donors (Lipinski definition) is 1. The van der Waals surface area contributed by atoms with Crippen molar-refractivity contribution in [3.8, 4) is 0 Å². The summed E-state index contributed by atoms with van der Waals surface area (Å²) in [7, 11) is 0. The molecule has 0 saturated carbocycles. The van der Waals surface area contributed by atoms with Crippen LogP contribution in [0.25, 0.3) is 0 Å². The molecular weight excluding hydrogens is 368 g/mol. The van der Waals surface area contributed by atoms with Gasteiger partial charge in [-0.15, -0.1) is 11.8 Å². The zero-order valence-corrected chi connectivity index (χ0v) is 15.8. The molecule has 1 aliphatic heterocycles. The van der Waals surface area contributed by atoms with Crippen LogP contribution in [0.15, 0.2) is 47.1 Å². The van der Waals surface area contributed by atoms with E-state index in [0.717, 1.165) is 5.56 Å². The fraction of sp³-hybridized carbons (Fsp3) is 0.316. The first kappa shape index (κ1) is 19.0. The molecule has 1 aromatic carbocycles. The summed E-state index contributed by atoms with van der Waals surface area (Å²) in [5, 5.41) is 2.28. The number of anilines is 1. The third kappa shape index (κ3) is 4.51. The highest BCUT2D eigenvalue weighted by Crippen LogP contribution is 2.41. The number of aryl methyl sites for hydroxylation is 1. The zero-order valence-electron chi connectivity index (χ0n) is 15.0. The molecule has 3 rings (SSSR count). The van der Waals surface area contributed by atoms with Crippen molar-refractivity contribution in [3.05, 3.63) is 54.0 Å². The second-order valence-corrected chi connectivity index (χ2v) is 7.28. The molecule has 0 spiro atoms. The van der Waals surface area contributed by atoms with Gasteiger partial charge in [0.25, 0.3) is 5.91 Å². The summed E-state index contributed by atoms with van der Waals surface area (Å²) in [4.78, 5) is 37.9. The number of amides is 2. The summed E-state index contributed by atoms with van der Waals surface area (Å²) in [5.41, 5.74) is 1.70. The number of rotatable bonds is 5. The maximum Gasteiger partial charge on any atom is 0.330 e. The van der Waals surface area contributed by atoms with Crippen molar-refractivity contribution in [2.24, 2.45) is 0 Å². The molecule has 8 heteroatoms. The molecule has 1 fully saturated rings. The Labute approximate surface area is 161 Å². The molecule has 0 unspecified atom stereocenters. The van der Waals surface area contributed by atoms with Crippen LogP contribution in [0.2, 0.25) is 0 Å². The number of carbonyl (C=O) groups excluding carboxylic acids is 3. The van der Waals surface area contributed by atoms with Gasteiger partial charge in [0.2, 0.25) is 5.91 Å². The van der Waals surface area contributed by atoms with Gasteiger partial charge in [-0.2, -0.15) is 0 Å². The van der Waals surface area contributed by atoms with Crippen molar-refractivity contribution in [3.63, 3.8) is 0 Å². The van der Waals surface area contributed by atoms with Crippen LogP contribution in [0, 0.1) is 6.92 Å². The van der Waals surface area contributed by atoms with Crippen LogP contribution in [-0.2, 0) is 19.1 Å². The number of carbonyl (C=O) groups is 3. The highest BCUT2D eigenvalue weighted by molar-refractivity contribution is 7.99. The molecule has 0 radical (unpaired) electrons. The van der Waals surface area contributed by atoms with Gasteiger partial charge in [0, 0.05) is 18.4 Å². The molecule has 142 valence electrons. The average molecular weight is 388 g/mol. The maximum absolute atomic E-state index is 12.4. The molecule has 27 heavy (non-hydrogen) atoms. The number of thioether (sulfide) groups is 1. The lowest BCUT2D eigenvalue weighted by molar-refractivity contribution is -0.155. The van der Waals surface area contributed by atoms with Crippen molar-refractivity contribution in [1.29, 1.82) is 0 Å². The number of nitrogens with zero attached hydrogens (tertiary/aromatic N) is 1. The number of furan rings is 1. The van der Waals surface area contributed by atoms with Gasteiger partial charge in [-0.1, -0.05) is 17.7 Å². The molecule has 1 aromatic heterocycles. The van der Waals surface area contributed by atoms with Crippen molar-refractivity contribution in [2.75, 3.05) is 17.7 Å². The van der Waals surface area contributed by atoms with Gasteiger partial charge in [0.1, 0.15) is 17.2 Å². The van der Waals surface area contributed by atoms with Crippen molar-refractivity contribution >= 4 is 35.2 Å². The van der Waals surface area contributed by atoms with E-state index in [1.807, 2.05) is 19.1 Å². The first-order chi connectivity index (χ1) is 13.0.